The number of hydrogen-bond acceptors (Lipinski definition) is 4. The van der Waals surface area contributed by atoms with E-state index in [-0.39, 0.29) is 11.4 Å². The Balaban J connectivity index is 1.53. The average molecular weight is 311 g/mol. The number of nitrogens with zero attached hydrogens (tertiary/aromatic N) is 2. The van der Waals surface area contributed by atoms with Crippen molar-refractivity contribution in [1.82, 2.24) is 15.1 Å². The average Bonchev–Trinajstić information content (AvgIpc) is 3.06. The minimum atomic E-state index is -0.364. The Kier molecular flexibility index (Phi) is 3.27. The van der Waals surface area contributed by atoms with Crippen molar-refractivity contribution in [2.24, 2.45) is 0 Å². The van der Waals surface area contributed by atoms with E-state index in [1.807, 2.05) is 31.2 Å². The maximum absolute atomic E-state index is 12.5. The Hall–Kier alpha value is -2.14. The van der Waals surface area contributed by atoms with E-state index >= 15 is 0 Å². The Bertz CT molecular complexity index is 748. The van der Waals surface area contributed by atoms with Crippen LogP contribution in [0.25, 0.3) is 0 Å². The number of fused-ring (bicyclic) bond motifs is 1. The summed E-state index contributed by atoms with van der Waals surface area (Å²) in [5.41, 5.74) is 3.78. The minimum absolute atomic E-state index is 0.198. The van der Waals surface area contributed by atoms with Crippen LogP contribution in [0.3, 0.4) is 0 Å². The van der Waals surface area contributed by atoms with Crippen LogP contribution < -0.4 is 4.74 Å². The second-order valence-corrected chi connectivity index (χ2v) is 6.75. The summed E-state index contributed by atoms with van der Waals surface area (Å²) in [5, 5.41) is 7.31. The first kappa shape index (κ1) is 14.5. The number of carbonyl (C=O) groups excluding carboxylic acids is 1. The van der Waals surface area contributed by atoms with Crippen LogP contribution in [0.5, 0.6) is 5.75 Å². The third-order valence-electron chi connectivity index (χ3n) is 5.05. The van der Waals surface area contributed by atoms with Gasteiger partial charge >= 0.3 is 0 Å². The first-order valence-corrected chi connectivity index (χ1v) is 8.10. The number of Topliss-reactive ketones (excluding diaryl/α,β-unsaturated/α-hetero) is 1. The molecule has 3 heterocycles. The van der Waals surface area contributed by atoms with Crippen LogP contribution in [0.15, 0.2) is 24.3 Å². The molecule has 1 aromatic heterocycles. The molecule has 1 aromatic carbocycles. The monoisotopic (exact) mass is 311 g/mol. The molecule has 120 valence electrons. The van der Waals surface area contributed by atoms with E-state index < -0.39 is 0 Å². The van der Waals surface area contributed by atoms with Crippen LogP contribution in [-0.2, 0) is 6.54 Å². The molecule has 5 heteroatoms. The van der Waals surface area contributed by atoms with Gasteiger partial charge in [0.2, 0.25) is 0 Å². The van der Waals surface area contributed by atoms with Crippen LogP contribution in [0.4, 0.5) is 0 Å². The number of aromatic nitrogens is 2. The fourth-order valence-corrected chi connectivity index (χ4v) is 3.76. The number of ketones is 1. The number of H-pyrrole nitrogens is 1. The number of para-hydroxylation sites is 1. The molecule has 1 unspecified atom stereocenters. The Labute approximate surface area is 135 Å². The van der Waals surface area contributed by atoms with Gasteiger partial charge in [-0.05, 0) is 26.0 Å². The number of aromatic amines is 1. The summed E-state index contributed by atoms with van der Waals surface area (Å²) in [6, 6.07) is 7.58. The minimum Gasteiger partial charge on any atom is -0.485 e. The van der Waals surface area contributed by atoms with Gasteiger partial charge in [-0.1, -0.05) is 12.1 Å². The normalized spacial score (nSPS) is 24.0. The third kappa shape index (κ3) is 2.45. The van der Waals surface area contributed by atoms with Crippen LogP contribution >= 0.6 is 0 Å². The van der Waals surface area contributed by atoms with Crippen molar-refractivity contribution in [2.45, 2.75) is 38.8 Å². The van der Waals surface area contributed by atoms with Gasteiger partial charge in [-0.2, -0.15) is 5.10 Å². The smallest absolute Gasteiger partial charge is 0.170 e. The summed E-state index contributed by atoms with van der Waals surface area (Å²) < 4.78 is 6.27. The zero-order chi connectivity index (χ0) is 16.0. The topological polar surface area (TPSA) is 58.2 Å². The molecular formula is C18H21N3O2. The fourth-order valence-electron chi connectivity index (χ4n) is 3.76. The lowest BCUT2D eigenvalue weighted by Crippen LogP contribution is -2.44. The van der Waals surface area contributed by atoms with Gasteiger partial charge in [0.1, 0.15) is 11.4 Å². The molecule has 2 aliphatic rings. The summed E-state index contributed by atoms with van der Waals surface area (Å²) in [5.74, 6) is 0.936. The molecular weight excluding hydrogens is 290 g/mol. The number of aryl methyl sites for hydroxylation is 2. The van der Waals surface area contributed by atoms with Gasteiger partial charge in [-0.3, -0.25) is 14.8 Å². The highest BCUT2D eigenvalue weighted by atomic mass is 16.5. The van der Waals surface area contributed by atoms with Crippen molar-refractivity contribution >= 4 is 5.78 Å². The summed E-state index contributed by atoms with van der Waals surface area (Å²) in [4.78, 5) is 14.8. The lowest BCUT2D eigenvalue weighted by Gasteiger charge is -2.34. The second kappa shape index (κ2) is 5.20. The molecule has 1 N–H and O–H groups in total. The van der Waals surface area contributed by atoms with Crippen LogP contribution in [0.1, 0.15) is 40.2 Å². The largest absolute Gasteiger partial charge is 0.485 e. The number of likely N-dealkylation sites (tertiary alicyclic amines) is 1. The predicted molar refractivity (Wildman–Crippen MR) is 86.7 cm³/mol. The van der Waals surface area contributed by atoms with E-state index in [2.05, 4.69) is 22.0 Å². The molecule has 5 nitrogen and oxygen atoms in total. The summed E-state index contributed by atoms with van der Waals surface area (Å²) in [6.45, 7) is 6.67. The number of nitrogens with one attached hydrogen (secondary N) is 1. The first-order chi connectivity index (χ1) is 11.1. The Morgan fingerprint density at radius 1 is 1.35 bits per heavy atom. The quantitative estimate of drug-likeness (QED) is 0.926. The standard InChI is InChI=1S/C18H21N3O2/c1-12-15(13(2)20-19-12)10-21-8-7-18(11-21)9-16(22)14-5-3-4-6-17(14)23-18/h3-6H,7-11H2,1-2H3,(H,19,20). The van der Waals surface area contributed by atoms with Gasteiger partial charge in [0.05, 0.1) is 17.7 Å². The van der Waals surface area contributed by atoms with Gasteiger partial charge in [-0.15, -0.1) is 0 Å². The van der Waals surface area contributed by atoms with E-state index in [0.29, 0.717) is 6.42 Å². The highest BCUT2D eigenvalue weighted by Crippen LogP contribution is 2.39. The molecule has 0 bridgehead atoms. The SMILES string of the molecule is Cc1n[nH]c(C)c1CN1CCC2(CC(=O)c3ccccc3O2)C1. The molecule has 1 atom stereocenters. The zero-order valence-corrected chi connectivity index (χ0v) is 13.6. The van der Waals surface area contributed by atoms with Gasteiger partial charge in [0.25, 0.3) is 0 Å². The van der Waals surface area contributed by atoms with Crippen LogP contribution in [0, 0.1) is 13.8 Å². The first-order valence-electron chi connectivity index (χ1n) is 8.10. The fraction of sp³-hybridized carbons (Fsp3) is 0.444. The molecule has 0 radical (unpaired) electrons. The molecule has 1 fully saturated rings. The lowest BCUT2D eigenvalue weighted by molar-refractivity contribution is 0.0455. The molecule has 0 amide bonds. The highest BCUT2D eigenvalue weighted by molar-refractivity contribution is 6.00. The molecule has 2 aromatic rings. The van der Waals surface area contributed by atoms with Crippen molar-refractivity contribution in [1.29, 1.82) is 0 Å². The number of carbonyl (C=O) groups is 1. The summed E-state index contributed by atoms with van der Waals surface area (Å²) in [6.07, 6.45) is 1.37. The maximum Gasteiger partial charge on any atom is 0.170 e. The van der Waals surface area contributed by atoms with E-state index in [9.17, 15) is 4.79 Å². The van der Waals surface area contributed by atoms with Crippen molar-refractivity contribution in [3.05, 3.63) is 46.8 Å². The molecule has 1 spiro atoms. The van der Waals surface area contributed by atoms with Crippen molar-refractivity contribution in [3.63, 3.8) is 0 Å². The van der Waals surface area contributed by atoms with Gasteiger partial charge in [-0.25, -0.2) is 0 Å². The second-order valence-electron chi connectivity index (χ2n) is 6.75. The lowest BCUT2D eigenvalue weighted by atomic mass is 9.89. The van der Waals surface area contributed by atoms with Gasteiger partial charge < -0.3 is 4.74 Å². The van der Waals surface area contributed by atoms with Gasteiger partial charge in [0.15, 0.2) is 5.78 Å². The molecule has 4 rings (SSSR count). The predicted octanol–water partition coefficient (Wildman–Crippen LogP) is 2.64. The highest BCUT2D eigenvalue weighted by Gasteiger charge is 2.45. The van der Waals surface area contributed by atoms with E-state index in [4.69, 9.17) is 4.74 Å². The summed E-state index contributed by atoms with van der Waals surface area (Å²) in [7, 11) is 0. The zero-order valence-electron chi connectivity index (χ0n) is 13.6. The number of rotatable bonds is 2. The number of hydrogen-bond donors (Lipinski definition) is 1. The number of ether oxygens (including phenoxy) is 1. The molecule has 0 saturated carbocycles. The Morgan fingerprint density at radius 2 is 2.17 bits per heavy atom. The third-order valence-corrected chi connectivity index (χ3v) is 5.05. The van der Waals surface area contributed by atoms with Gasteiger partial charge in [0, 0.05) is 37.3 Å². The Morgan fingerprint density at radius 3 is 2.96 bits per heavy atom. The van der Waals surface area contributed by atoms with Crippen molar-refractivity contribution in [3.8, 4) is 5.75 Å². The van der Waals surface area contributed by atoms with Crippen LogP contribution in [0.2, 0.25) is 0 Å². The summed E-state index contributed by atoms with van der Waals surface area (Å²) >= 11 is 0. The van der Waals surface area contributed by atoms with E-state index in [1.54, 1.807) is 0 Å². The van der Waals surface area contributed by atoms with E-state index in [0.717, 1.165) is 48.8 Å². The molecule has 1 saturated heterocycles. The van der Waals surface area contributed by atoms with Crippen LogP contribution in [-0.4, -0.2) is 39.6 Å². The molecule has 0 aliphatic carbocycles. The number of benzene rings is 1. The van der Waals surface area contributed by atoms with E-state index in [1.165, 1.54) is 5.56 Å². The van der Waals surface area contributed by atoms with Crippen molar-refractivity contribution < 1.29 is 9.53 Å². The van der Waals surface area contributed by atoms with Crippen molar-refractivity contribution in [2.75, 3.05) is 13.1 Å². The molecule has 2 aliphatic heterocycles. The molecule has 23 heavy (non-hydrogen) atoms. The maximum atomic E-state index is 12.5.